The Hall–Kier alpha value is -1.92. The van der Waals surface area contributed by atoms with Crippen LogP contribution in [-0.4, -0.2) is 84.4 Å². The predicted octanol–water partition coefficient (Wildman–Crippen LogP) is 2.92. The van der Waals surface area contributed by atoms with Crippen molar-refractivity contribution in [2.75, 3.05) is 45.8 Å². The van der Waals surface area contributed by atoms with Gasteiger partial charge in [-0.15, -0.1) is 0 Å². The molecule has 1 aromatic rings. The van der Waals surface area contributed by atoms with Crippen LogP contribution in [0.4, 0.5) is 0 Å². The molecule has 186 valence electrons. The number of carbonyl (C=O) groups is 2. The molecule has 2 heterocycles. The van der Waals surface area contributed by atoms with Crippen LogP contribution in [0.1, 0.15) is 56.9 Å². The molecule has 4 fully saturated rings. The molecule has 2 atom stereocenters. The summed E-state index contributed by atoms with van der Waals surface area (Å²) in [5.74, 6) is 1.32. The van der Waals surface area contributed by atoms with E-state index in [-0.39, 0.29) is 29.8 Å². The lowest BCUT2D eigenvalue weighted by molar-refractivity contribution is -0.144. The molecule has 2 unspecified atom stereocenters. The first-order valence-corrected chi connectivity index (χ1v) is 13.8. The van der Waals surface area contributed by atoms with Gasteiger partial charge >= 0.3 is 0 Å². The number of benzene rings is 1. The Kier molecular flexibility index (Phi) is 7.85. The van der Waals surface area contributed by atoms with Crippen LogP contribution in [0.3, 0.4) is 0 Å². The maximum Gasteiger partial charge on any atom is 0.245 e. The molecule has 1 N–H and O–H groups in total. The third-order valence-corrected chi connectivity index (χ3v) is 8.47. The maximum absolute atomic E-state index is 13.6. The van der Waals surface area contributed by atoms with Gasteiger partial charge in [-0.1, -0.05) is 49.6 Å². The zero-order chi connectivity index (χ0) is 23.3. The fourth-order valence-corrected chi connectivity index (χ4v) is 6.26. The summed E-state index contributed by atoms with van der Waals surface area (Å²) in [7, 11) is 0. The van der Waals surface area contributed by atoms with Crippen molar-refractivity contribution in [3.05, 3.63) is 35.9 Å². The van der Waals surface area contributed by atoms with Crippen LogP contribution in [0.15, 0.2) is 30.3 Å². The normalized spacial score (nSPS) is 26.3. The van der Waals surface area contributed by atoms with Gasteiger partial charge < -0.3 is 15.1 Å². The highest BCUT2D eigenvalue weighted by atomic mass is 16.2. The fraction of sp³-hybridized carbons (Fsp3) is 0.714. The van der Waals surface area contributed by atoms with Gasteiger partial charge in [0.15, 0.2) is 0 Å². The third kappa shape index (κ3) is 5.83. The standard InChI is InChI=1S/C28H42N4O2/c33-27(24-11-12-24)32-21-25(19-26(32)28(34)30-17-14-29-15-18-30)31(20-23-9-5-2-6-10-23)16-13-22-7-3-1-4-8-22/h1,3-4,7-8,23-26,29H,2,5-6,9-21H2. The molecule has 2 aliphatic heterocycles. The fourth-order valence-electron chi connectivity index (χ4n) is 6.26. The first-order valence-electron chi connectivity index (χ1n) is 13.8. The Morgan fingerprint density at radius 3 is 2.38 bits per heavy atom. The third-order valence-electron chi connectivity index (χ3n) is 8.47. The average Bonchev–Trinajstić information content (AvgIpc) is 3.65. The lowest BCUT2D eigenvalue weighted by atomic mass is 9.88. The number of rotatable bonds is 8. The highest BCUT2D eigenvalue weighted by Crippen LogP contribution is 2.36. The van der Waals surface area contributed by atoms with E-state index in [4.69, 9.17) is 0 Å². The van der Waals surface area contributed by atoms with Crippen LogP contribution in [0, 0.1) is 11.8 Å². The number of hydrogen-bond donors (Lipinski definition) is 1. The van der Waals surface area contributed by atoms with E-state index < -0.39 is 0 Å². The number of hydrogen-bond acceptors (Lipinski definition) is 4. The average molecular weight is 467 g/mol. The van der Waals surface area contributed by atoms with Crippen LogP contribution >= 0.6 is 0 Å². The topological polar surface area (TPSA) is 55.9 Å². The van der Waals surface area contributed by atoms with E-state index in [1.165, 1.54) is 37.7 Å². The van der Waals surface area contributed by atoms with Crippen molar-refractivity contribution < 1.29 is 9.59 Å². The van der Waals surface area contributed by atoms with Gasteiger partial charge in [0.1, 0.15) is 6.04 Å². The molecule has 0 aromatic heterocycles. The van der Waals surface area contributed by atoms with Crippen molar-refractivity contribution in [2.24, 2.45) is 11.8 Å². The van der Waals surface area contributed by atoms with Crippen LogP contribution < -0.4 is 5.32 Å². The van der Waals surface area contributed by atoms with Gasteiger partial charge in [-0.3, -0.25) is 14.5 Å². The summed E-state index contributed by atoms with van der Waals surface area (Å²) < 4.78 is 0. The van der Waals surface area contributed by atoms with E-state index in [0.29, 0.717) is 0 Å². The van der Waals surface area contributed by atoms with Gasteiger partial charge in [0.25, 0.3) is 0 Å². The number of nitrogens with one attached hydrogen (secondary N) is 1. The smallest absolute Gasteiger partial charge is 0.245 e. The zero-order valence-electron chi connectivity index (χ0n) is 20.7. The predicted molar refractivity (Wildman–Crippen MR) is 134 cm³/mol. The molecule has 2 aliphatic carbocycles. The Morgan fingerprint density at radius 2 is 1.68 bits per heavy atom. The second kappa shape index (κ2) is 11.2. The maximum atomic E-state index is 13.6. The summed E-state index contributed by atoms with van der Waals surface area (Å²) >= 11 is 0. The lowest BCUT2D eigenvalue weighted by Gasteiger charge is -2.34. The molecule has 2 saturated carbocycles. The van der Waals surface area contributed by atoms with E-state index in [0.717, 1.165) is 77.4 Å². The van der Waals surface area contributed by atoms with Crippen molar-refractivity contribution in [3.8, 4) is 0 Å². The lowest BCUT2D eigenvalue weighted by Crippen LogP contribution is -2.53. The van der Waals surface area contributed by atoms with Crippen LogP contribution in [0.25, 0.3) is 0 Å². The van der Waals surface area contributed by atoms with Crippen molar-refractivity contribution >= 4 is 11.8 Å². The van der Waals surface area contributed by atoms with Gasteiger partial charge in [-0.25, -0.2) is 0 Å². The molecule has 1 aromatic carbocycles. The molecule has 34 heavy (non-hydrogen) atoms. The second-order valence-electron chi connectivity index (χ2n) is 11.0. The van der Waals surface area contributed by atoms with Gasteiger partial charge in [-0.2, -0.15) is 0 Å². The van der Waals surface area contributed by atoms with E-state index in [1.807, 2.05) is 9.80 Å². The van der Waals surface area contributed by atoms with E-state index in [2.05, 4.69) is 40.5 Å². The first kappa shape index (κ1) is 23.8. The minimum absolute atomic E-state index is 0.160. The van der Waals surface area contributed by atoms with Crippen molar-refractivity contribution in [3.63, 3.8) is 0 Å². The van der Waals surface area contributed by atoms with Gasteiger partial charge in [-0.05, 0) is 50.0 Å². The van der Waals surface area contributed by atoms with E-state index in [9.17, 15) is 9.59 Å². The molecule has 0 bridgehead atoms. The highest BCUT2D eigenvalue weighted by molar-refractivity contribution is 5.90. The summed E-state index contributed by atoms with van der Waals surface area (Å²) in [5, 5.41) is 3.34. The Morgan fingerprint density at radius 1 is 0.941 bits per heavy atom. The van der Waals surface area contributed by atoms with Gasteiger partial charge in [0.2, 0.25) is 11.8 Å². The Bertz CT molecular complexity index is 815. The van der Waals surface area contributed by atoms with Gasteiger partial charge in [0.05, 0.1) is 0 Å². The number of likely N-dealkylation sites (tertiary alicyclic amines) is 1. The molecule has 5 rings (SSSR count). The molecule has 2 saturated heterocycles. The Labute approximate surface area is 205 Å². The summed E-state index contributed by atoms with van der Waals surface area (Å²) in [5.41, 5.74) is 1.37. The van der Waals surface area contributed by atoms with E-state index >= 15 is 0 Å². The molecule has 0 radical (unpaired) electrons. The summed E-state index contributed by atoms with van der Waals surface area (Å²) in [4.78, 5) is 33.5. The minimum atomic E-state index is -0.276. The SMILES string of the molecule is O=C(C1CC(N(CCc2ccccc2)CC2CCCCC2)CN1C(=O)C1CC1)N1CCNCC1. The summed E-state index contributed by atoms with van der Waals surface area (Å²) in [6, 6.07) is 10.8. The monoisotopic (exact) mass is 466 g/mol. The molecule has 6 heteroatoms. The van der Waals surface area contributed by atoms with E-state index in [1.54, 1.807) is 0 Å². The highest BCUT2D eigenvalue weighted by Gasteiger charge is 2.46. The second-order valence-corrected chi connectivity index (χ2v) is 11.0. The number of carbonyl (C=O) groups excluding carboxylic acids is 2. The molecule has 4 aliphatic rings. The largest absolute Gasteiger partial charge is 0.338 e. The number of amides is 2. The minimum Gasteiger partial charge on any atom is -0.338 e. The molecule has 0 spiro atoms. The molecular formula is C28H42N4O2. The summed E-state index contributed by atoms with van der Waals surface area (Å²) in [6.45, 7) is 6.05. The van der Waals surface area contributed by atoms with Crippen LogP contribution in [0.5, 0.6) is 0 Å². The first-order chi connectivity index (χ1) is 16.7. The molecule has 6 nitrogen and oxygen atoms in total. The van der Waals surface area contributed by atoms with Gasteiger partial charge in [0, 0.05) is 57.8 Å². The van der Waals surface area contributed by atoms with Crippen LogP contribution in [0.2, 0.25) is 0 Å². The van der Waals surface area contributed by atoms with Crippen molar-refractivity contribution in [2.45, 2.75) is 69.9 Å². The zero-order valence-corrected chi connectivity index (χ0v) is 20.7. The van der Waals surface area contributed by atoms with Crippen LogP contribution in [-0.2, 0) is 16.0 Å². The number of piperazine rings is 1. The van der Waals surface area contributed by atoms with Crippen molar-refractivity contribution in [1.82, 2.24) is 20.0 Å². The van der Waals surface area contributed by atoms with Crippen molar-refractivity contribution in [1.29, 1.82) is 0 Å². The molecular weight excluding hydrogens is 424 g/mol. The Balaban J connectivity index is 1.31. The summed E-state index contributed by atoms with van der Waals surface area (Å²) in [6.07, 6.45) is 10.5. The quantitative estimate of drug-likeness (QED) is 0.640. The molecule has 2 amide bonds. The number of nitrogens with zero attached hydrogens (tertiary/aromatic N) is 3.